The van der Waals surface area contributed by atoms with E-state index in [1.165, 1.54) is 0 Å². The average Bonchev–Trinajstić information content (AvgIpc) is 1.57. The first-order chi connectivity index (χ1) is 3.70. The lowest BCUT2D eigenvalue weighted by Gasteiger charge is -2.31. The van der Waals surface area contributed by atoms with Crippen molar-refractivity contribution in [3.63, 3.8) is 0 Å². The monoisotopic (exact) mass is 112 g/mol. The first kappa shape index (κ1) is 6.17. The molecule has 1 fully saturated rings. The van der Waals surface area contributed by atoms with Gasteiger partial charge in [-0.3, -0.25) is 0 Å². The molecular weight excluding hydrogens is 102 g/mol. The van der Waals surface area contributed by atoms with Crippen LogP contribution in [0, 0.1) is 0 Å². The molecule has 4 heteroatoms. The highest BCUT2D eigenvalue weighted by Gasteiger charge is 2.38. The molecule has 2 nitrogen and oxygen atoms in total. The lowest BCUT2D eigenvalue weighted by molar-refractivity contribution is 0.277. The highest BCUT2D eigenvalue weighted by atomic mass is 16.7. The second kappa shape index (κ2) is 2.11. The lowest BCUT2D eigenvalue weighted by Crippen LogP contribution is -2.48. The van der Waals surface area contributed by atoms with Crippen LogP contribution in [0.3, 0.4) is 0 Å². The Morgan fingerprint density at radius 2 is 1.75 bits per heavy atom. The highest BCUT2D eigenvalue weighted by molar-refractivity contribution is 6.73. The summed E-state index contributed by atoms with van der Waals surface area (Å²) < 4.78 is 10.4. The molecule has 0 radical (unpaired) electrons. The second-order valence-electron chi connectivity index (χ2n) is 2.45. The zero-order chi connectivity index (χ0) is 6.15. The maximum absolute atomic E-state index is 5.18. The molecule has 1 aliphatic heterocycles. The van der Waals surface area contributed by atoms with E-state index in [1.807, 2.05) is 6.82 Å². The van der Waals surface area contributed by atoms with Crippen LogP contribution in [0.25, 0.3) is 0 Å². The van der Waals surface area contributed by atoms with Crippen molar-refractivity contribution in [1.29, 1.82) is 0 Å². The summed E-state index contributed by atoms with van der Waals surface area (Å²) in [5.41, 5.74) is 0. The number of hydrogen-bond acceptors (Lipinski definition) is 2. The van der Waals surface area contributed by atoms with E-state index < -0.39 is 0 Å². The Hall–Kier alpha value is 0.0499. The minimum atomic E-state index is 0.0300. The van der Waals surface area contributed by atoms with Crippen LogP contribution in [-0.4, -0.2) is 14.2 Å². The Balaban J connectivity index is 2.15. The zero-order valence-corrected chi connectivity index (χ0v) is 5.55. The van der Waals surface area contributed by atoms with E-state index in [0.717, 1.165) is 0 Å². The van der Waals surface area contributed by atoms with Crippen LogP contribution in [0.15, 0.2) is 0 Å². The van der Waals surface area contributed by atoms with Crippen molar-refractivity contribution in [3.8, 4) is 0 Å². The van der Waals surface area contributed by atoms with E-state index in [-0.39, 0.29) is 14.2 Å². The van der Waals surface area contributed by atoms with Crippen LogP contribution in [0.2, 0.25) is 12.6 Å². The smallest absolute Gasteiger partial charge is 0.432 e. The Kier molecular flexibility index (Phi) is 1.63. The summed E-state index contributed by atoms with van der Waals surface area (Å²) in [4.78, 5) is 0. The fourth-order valence-corrected chi connectivity index (χ4v) is 0.702. The molecule has 0 spiro atoms. The fourth-order valence-electron chi connectivity index (χ4n) is 0.702. The Morgan fingerprint density at radius 1 is 1.25 bits per heavy atom. The molecule has 0 N–H and O–H groups in total. The standard InChI is InChI=1S/C4H10B2O2/c1-4(2)6-7-5(3)8-6/h4H,1-3H3. The highest BCUT2D eigenvalue weighted by Crippen LogP contribution is 2.19. The first-order valence-electron chi connectivity index (χ1n) is 3.01. The maximum Gasteiger partial charge on any atom is 0.432 e. The van der Waals surface area contributed by atoms with Gasteiger partial charge in [0.25, 0.3) is 0 Å². The van der Waals surface area contributed by atoms with Gasteiger partial charge >= 0.3 is 14.2 Å². The van der Waals surface area contributed by atoms with Gasteiger partial charge in [0.1, 0.15) is 0 Å². The first-order valence-corrected chi connectivity index (χ1v) is 3.01. The summed E-state index contributed by atoms with van der Waals surface area (Å²) in [7, 11) is 0.0902. The van der Waals surface area contributed by atoms with Crippen molar-refractivity contribution in [1.82, 2.24) is 0 Å². The molecule has 1 aliphatic rings. The van der Waals surface area contributed by atoms with Crippen LogP contribution < -0.4 is 0 Å². The number of rotatable bonds is 1. The van der Waals surface area contributed by atoms with Gasteiger partial charge in [-0.05, 0) is 12.6 Å². The Labute approximate surface area is 50.8 Å². The molecule has 44 valence electrons. The normalized spacial score (nSPS) is 19.5. The number of hydrogen-bond donors (Lipinski definition) is 0. The van der Waals surface area contributed by atoms with E-state index in [2.05, 4.69) is 13.8 Å². The summed E-state index contributed by atoms with van der Waals surface area (Å²) in [6.07, 6.45) is 0. The van der Waals surface area contributed by atoms with Crippen molar-refractivity contribution >= 4 is 14.2 Å². The van der Waals surface area contributed by atoms with E-state index in [4.69, 9.17) is 9.14 Å². The second-order valence-corrected chi connectivity index (χ2v) is 2.45. The van der Waals surface area contributed by atoms with Crippen molar-refractivity contribution in [2.75, 3.05) is 0 Å². The molecule has 0 aromatic carbocycles. The quantitative estimate of drug-likeness (QED) is 0.471. The Morgan fingerprint density at radius 3 is 1.88 bits per heavy atom. The van der Waals surface area contributed by atoms with Crippen LogP contribution >= 0.6 is 0 Å². The van der Waals surface area contributed by atoms with Gasteiger partial charge < -0.3 is 9.14 Å². The van der Waals surface area contributed by atoms with E-state index in [1.54, 1.807) is 0 Å². The fraction of sp³-hybridized carbons (Fsp3) is 1.00. The molecule has 1 rings (SSSR count). The molecule has 1 saturated heterocycles. The minimum Gasteiger partial charge on any atom is -0.453 e. The van der Waals surface area contributed by atoms with Crippen molar-refractivity contribution in [2.45, 2.75) is 26.5 Å². The van der Waals surface area contributed by atoms with Gasteiger partial charge in [-0.25, -0.2) is 0 Å². The van der Waals surface area contributed by atoms with Gasteiger partial charge in [-0.1, -0.05) is 13.8 Å². The Bertz CT molecular complexity index is 80.1. The van der Waals surface area contributed by atoms with Crippen molar-refractivity contribution in [2.24, 2.45) is 0 Å². The van der Waals surface area contributed by atoms with Crippen molar-refractivity contribution in [3.05, 3.63) is 0 Å². The molecule has 1 heterocycles. The van der Waals surface area contributed by atoms with Gasteiger partial charge in [0, 0.05) is 0 Å². The largest absolute Gasteiger partial charge is 0.453 e. The summed E-state index contributed by atoms with van der Waals surface area (Å²) >= 11 is 0. The lowest BCUT2D eigenvalue weighted by atomic mass is 9.63. The zero-order valence-electron chi connectivity index (χ0n) is 5.55. The maximum atomic E-state index is 5.18. The summed E-state index contributed by atoms with van der Waals surface area (Å²) in [5.74, 6) is 0.492. The SMILES string of the molecule is CB1OB(C(C)C)O1. The van der Waals surface area contributed by atoms with Crippen LogP contribution in [0.4, 0.5) is 0 Å². The molecule has 0 amide bonds. The summed E-state index contributed by atoms with van der Waals surface area (Å²) in [5, 5.41) is 0. The molecule has 0 atom stereocenters. The third-order valence-electron chi connectivity index (χ3n) is 1.20. The minimum absolute atomic E-state index is 0.0300. The van der Waals surface area contributed by atoms with E-state index >= 15 is 0 Å². The van der Waals surface area contributed by atoms with Gasteiger partial charge in [-0.2, -0.15) is 0 Å². The van der Waals surface area contributed by atoms with Gasteiger partial charge in [0.15, 0.2) is 0 Å². The third-order valence-corrected chi connectivity index (χ3v) is 1.20. The molecular formula is C4H10B2O2. The third kappa shape index (κ3) is 1.06. The van der Waals surface area contributed by atoms with Gasteiger partial charge in [0.2, 0.25) is 0 Å². The van der Waals surface area contributed by atoms with E-state index in [9.17, 15) is 0 Å². The molecule has 0 aromatic heterocycles. The molecule has 0 unspecified atom stereocenters. The van der Waals surface area contributed by atoms with Crippen molar-refractivity contribution < 1.29 is 9.14 Å². The summed E-state index contributed by atoms with van der Waals surface area (Å²) in [6, 6.07) is 0. The predicted octanol–water partition coefficient (Wildman–Crippen LogP) is 1.05. The van der Waals surface area contributed by atoms with Crippen LogP contribution in [0.1, 0.15) is 13.8 Å². The average molecular weight is 112 g/mol. The van der Waals surface area contributed by atoms with Gasteiger partial charge in [-0.15, -0.1) is 0 Å². The van der Waals surface area contributed by atoms with Crippen LogP contribution in [0.5, 0.6) is 0 Å². The topological polar surface area (TPSA) is 18.5 Å². The van der Waals surface area contributed by atoms with Gasteiger partial charge in [0.05, 0.1) is 0 Å². The molecule has 0 saturated carbocycles. The van der Waals surface area contributed by atoms with E-state index in [0.29, 0.717) is 5.82 Å². The molecule has 0 bridgehead atoms. The molecule has 0 aromatic rings. The predicted molar refractivity (Wildman–Crippen MR) is 34.6 cm³/mol. The van der Waals surface area contributed by atoms with Crippen LogP contribution in [-0.2, 0) is 9.14 Å². The summed E-state index contributed by atoms with van der Waals surface area (Å²) in [6.45, 7) is 6.06. The molecule has 8 heavy (non-hydrogen) atoms. The molecule has 0 aliphatic carbocycles.